The maximum Gasteiger partial charge on any atom is 0.234 e. The van der Waals surface area contributed by atoms with Crippen molar-refractivity contribution < 1.29 is 18.7 Å². The number of nitrogens with one attached hydrogen (secondary N) is 1. The Morgan fingerprint density at radius 3 is 2.53 bits per heavy atom. The molecule has 0 aliphatic carbocycles. The summed E-state index contributed by atoms with van der Waals surface area (Å²) < 4.78 is 18.7. The average Bonchev–Trinajstić information content (AvgIpc) is 3.53. The first-order chi connectivity index (χ1) is 17.4. The second kappa shape index (κ2) is 10.1. The number of ether oxygens (including phenoxy) is 2. The van der Waals surface area contributed by atoms with Crippen LogP contribution in [0.3, 0.4) is 0 Å². The van der Waals surface area contributed by atoms with Gasteiger partial charge in [0.1, 0.15) is 19.0 Å². The van der Waals surface area contributed by atoms with Crippen molar-refractivity contribution in [3.05, 3.63) is 72.2 Å². The van der Waals surface area contributed by atoms with Gasteiger partial charge in [-0.05, 0) is 35.2 Å². The summed E-state index contributed by atoms with van der Waals surface area (Å²) in [5, 5.41) is 12.4. The fraction of sp³-hybridized carbons (Fsp3) is 0.296. The predicted octanol–water partition coefficient (Wildman–Crippen LogP) is 5.39. The number of rotatable bonds is 7. The predicted molar refractivity (Wildman–Crippen MR) is 139 cm³/mol. The highest BCUT2D eigenvalue weighted by atomic mass is 32.2. The number of benzene rings is 2. The van der Waals surface area contributed by atoms with Gasteiger partial charge in [-0.1, -0.05) is 56.8 Å². The maximum absolute atomic E-state index is 12.7. The molecule has 186 valence electrons. The Labute approximate surface area is 214 Å². The zero-order chi connectivity index (χ0) is 25.1. The molecular formula is C27H28N4O4S. The summed E-state index contributed by atoms with van der Waals surface area (Å²) in [6.45, 7) is 8.04. The summed E-state index contributed by atoms with van der Waals surface area (Å²) in [7, 11) is 0. The van der Waals surface area contributed by atoms with E-state index in [0.29, 0.717) is 42.1 Å². The lowest BCUT2D eigenvalue weighted by atomic mass is 9.87. The number of thioether (sulfide) groups is 1. The molecular weight excluding hydrogens is 476 g/mol. The molecule has 0 saturated heterocycles. The van der Waals surface area contributed by atoms with Crippen LogP contribution in [-0.2, 0) is 16.8 Å². The van der Waals surface area contributed by atoms with E-state index >= 15 is 0 Å². The number of furan rings is 1. The van der Waals surface area contributed by atoms with Crippen molar-refractivity contribution in [2.75, 3.05) is 24.3 Å². The van der Waals surface area contributed by atoms with Crippen LogP contribution in [0.15, 0.2) is 70.4 Å². The number of hydrogen-bond acceptors (Lipinski definition) is 7. The van der Waals surface area contributed by atoms with E-state index in [-0.39, 0.29) is 17.1 Å². The van der Waals surface area contributed by atoms with Crippen LogP contribution in [0, 0.1) is 0 Å². The lowest BCUT2D eigenvalue weighted by molar-refractivity contribution is -0.113. The van der Waals surface area contributed by atoms with E-state index < -0.39 is 0 Å². The molecule has 0 spiro atoms. The van der Waals surface area contributed by atoms with Gasteiger partial charge in [0.2, 0.25) is 5.91 Å². The van der Waals surface area contributed by atoms with E-state index in [0.717, 1.165) is 17.1 Å². The molecule has 8 nitrogen and oxygen atoms in total. The molecule has 1 aliphatic heterocycles. The number of carbonyl (C=O) groups is 1. The molecule has 4 aromatic rings. The van der Waals surface area contributed by atoms with Crippen molar-refractivity contribution in [3.8, 4) is 22.9 Å². The molecule has 0 fully saturated rings. The third-order valence-electron chi connectivity index (χ3n) is 5.78. The first kappa shape index (κ1) is 24.0. The van der Waals surface area contributed by atoms with Crippen LogP contribution in [0.4, 0.5) is 5.69 Å². The SMILES string of the molecule is CC(C)(C)c1ccc(-c2nnc(SCC(=O)Nc3ccc4c(c3)OCCO4)n2Cc2ccco2)cc1. The molecule has 3 heterocycles. The number of fused-ring (bicyclic) bond motifs is 1. The molecule has 5 rings (SSSR count). The van der Waals surface area contributed by atoms with Crippen LogP contribution in [-0.4, -0.2) is 39.6 Å². The highest BCUT2D eigenvalue weighted by molar-refractivity contribution is 7.99. The van der Waals surface area contributed by atoms with Crippen LogP contribution >= 0.6 is 11.8 Å². The fourth-order valence-electron chi connectivity index (χ4n) is 3.88. The van der Waals surface area contributed by atoms with Gasteiger partial charge in [-0.15, -0.1) is 10.2 Å². The normalized spacial score (nSPS) is 13.0. The molecule has 0 atom stereocenters. The monoisotopic (exact) mass is 504 g/mol. The summed E-state index contributed by atoms with van der Waals surface area (Å²) in [6.07, 6.45) is 1.64. The van der Waals surface area contributed by atoms with Crippen LogP contribution in [0.5, 0.6) is 11.5 Å². The first-order valence-electron chi connectivity index (χ1n) is 11.8. The van der Waals surface area contributed by atoms with Gasteiger partial charge in [-0.3, -0.25) is 9.36 Å². The Morgan fingerprint density at radius 2 is 1.81 bits per heavy atom. The molecule has 1 N–H and O–H groups in total. The third kappa shape index (κ3) is 5.41. The summed E-state index contributed by atoms with van der Waals surface area (Å²) in [5.74, 6) is 2.84. The topological polar surface area (TPSA) is 91.4 Å². The zero-order valence-corrected chi connectivity index (χ0v) is 21.3. The minimum absolute atomic E-state index is 0.0615. The molecule has 1 amide bonds. The Morgan fingerprint density at radius 1 is 1.03 bits per heavy atom. The molecule has 0 radical (unpaired) electrons. The van der Waals surface area contributed by atoms with E-state index in [9.17, 15) is 4.79 Å². The molecule has 9 heteroatoms. The van der Waals surface area contributed by atoms with Gasteiger partial charge in [0.15, 0.2) is 22.5 Å². The van der Waals surface area contributed by atoms with Gasteiger partial charge in [0.25, 0.3) is 0 Å². The van der Waals surface area contributed by atoms with Crippen molar-refractivity contribution in [2.45, 2.75) is 37.9 Å². The van der Waals surface area contributed by atoms with E-state index in [1.165, 1.54) is 17.3 Å². The number of aromatic nitrogens is 3. The van der Waals surface area contributed by atoms with Crippen LogP contribution < -0.4 is 14.8 Å². The molecule has 0 saturated carbocycles. The van der Waals surface area contributed by atoms with Crippen LogP contribution in [0.2, 0.25) is 0 Å². The quantitative estimate of drug-likeness (QED) is 0.338. The average molecular weight is 505 g/mol. The number of carbonyl (C=O) groups excluding carboxylic acids is 1. The van der Waals surface area contributed by atoms with Gasteiger partial charge >= 0.3 is 0 Å². The van der Waals surface area contributed by atoms with E-state index in [4.69, 9.17) is 13.9 Å². The van der Waals surface area contributed by atoms with E-state index in [2.05, 4.69) is 60.6 Å². The fourth-order valence-corrected chi connectivity index (χ4v) is 4.62. The minimum Gasteiger partial charge on any atom is -0.486 e. The maximum atomic E-state index is 12.7. The molecule has 0 bridgehead atoms. The Kier molecular flexibility index (Phi) is 6.73. The smallest absolute Gasteiger partial charge is 0.234 e. The highest BCUT2D eigenvalue weighted by Crippen LogP contribution is 2.33. The summed E-state index contributed by atoms with van der Waals surface area (Å²) in [4.78, 5) is 12.7. The summed E-state index contributed by atoms with van der Waals surface area (Å²) in [5.41, 5.74) is 2.91. The Hall–Kier alpha value is -3.72. The number of anilines is 1. The second-order valence-corrected chi connectivity index (χ2v) is 10.4. The number of nitrogens with zero attached hydrogens (tertiary/aromatic N) is 3. The summed E-state index contributed by atoms with van der Waals surface area (Å²) in [6, 6.07) is 17.5. The molecule has 2 aromatic heterocycles. The number of hydrogen-bond donors (Lipinski definition) is 1. The van der Waals surface area contributed by atoms with E-state index in [1.807, 2.05) is 16.7 Å². The Bertz CT molecular complexity index is 1340. The Balaban J connectivity index is 1.32. The largest absolute Gasteiger partial charge is 0.486 e. The van der Waals surface area contributed by atoms with Gasteiger partial charge in [0.05, 0.1) is 18.6 Å². The van der Waals surface area contributed by atoms with Crippen LogP contribution in [0.25, 0.3) is 11.4 Å². The first-order valence-corrected chi connectivity index (χ1v) is 12.7. The van der Waals surface area contributed by atoms with Gasteiger partial charge in [-0.2, -0.15) is 0 Å². The van der Waals surface area contributed by atoms with Crippen molar-refractivity contribution in [3.63, 3.8) is 0 Å². The molecule has 2 aromatic carbocycles. The van der Waals surface area contributed by atoms with Crippen molar-refractivity contribution in [1.29, 1.82) is 0 Å². The van der Waals surface area contributed by atoms with E-state index in [1.54, 1.807) is 24.5 Å². The third-order valence-corrected chi connectivity index (χ3v) is 6.75. The van der Waals surface area contributed by atoms with Gasteiger partial charge in [-0.25, -0.2) is 0 Å². The zero-order valence-electron chi connectivity index (χ0n) is 20.5. The van der Waals surface area contributed by atoms with Gasteiger partial charge < -0.3 is 19.2 Å². The van der Waals surface area contributed by atoms with Crippen molar-refractivity contribution in [1.82, 2.24) is 14.8 Å². The molecule has 36 heavy (non-hydrogen) atoms. The molecule has 1 aliphatic rings. The minimum atomic E-state index is -0.152. The highest BCUT2D eigenvalue weighted by Gasteiger charge is 2.19. The standard InChI is InChI=1S/C27H28N4O4S/c1-27(2,3)19-8-6-18(7-9-19)25-29-30-26(31(25)16-21-5-4-12-33-21)36-17-24(32)28-20-10-11-22-23(15-20)35-14-13-34-22/h4-12,15H,13-14,16-17H2,1-3H3,(H,28,32). The lowest BCUT2D eigenvalue weighted by Gasteiger charge is -2.19. The summed E-state index contributed by atoms with van der Waals surface area (Å²) >= 11 is 1.33. The molecule has 0 unspecified atom stereocenters. The second-order valence-electron chi connectivity index (χ2n) is 9.49. The van der Waals surface area contributed by atoms with Gasteiger partial charge in [0, 0.05) is 17.3 Å². The number of amides is 1. The van der Waals surface area contributed by atoms with Crippen molar-refractivity contribution in [2.24, 2.45) is 0 Å². The van der Waals surface area contributed by atoms with Crippen LogP contribution in [0.1, 0.15) is 32.1 Å². The lowest BCUT2D eigenvalue weighted by Crippen LogP contribution is -2.17. The van der Waals surface area contributed by atoms with Crippen molar-refractivity contribution >= 4 is 23.4 Å².